The van der Waals surface area contributed by atoms with E-state index in [-0.39, 0.29) is 11.3 Å². The first-order valence-electron chi connectivity index (χ1n) is 5.67. The molecule has 0 heterocycles. The van der Waals surface area contributed by atoms with Gasteiger partial charge in [-0.3, -0.25) is 4.79 Å². The maximum Gasteiger partial charge on any atom is 0.387 e. The summed E-state index contributed by atoms with van der Waals surface area (Å²) in [7, 11) is 0. The van der Waals surface area contributed by atoms with E-state index in [2.05, 4.69) is 26.0 Å². The molecule has 0 atom stereocenters. The molecule has 0 bridgehead atoms. The van der Waals surface area contributed by atoms with Crippen LogP contribution in [0.4, 0.5) is 14.5 Å². The number of amides is 1. The molecule has 0 spiro atoms. The Bertz CT molecular complexity index is 602. The van der Waals surface area contributed by atoms with Crippen molar-refractivity contribution < 1.29 is 18.3 Å². The minimum atomic E-state index is -2.98. The van der Waals surface area contributed by atoms with Crippen LogP contribution >= 0.6 is 15.9 Å². The first kappa shape index (κ1) is 14.5. The fourth-order valence-corrected chi connectivity index (χ4v) is 1.85. The molecule has 0 radical (unpaired) electrons. The minimum Gasteiger partial charge on any atom is -0.434 e. The standard InChI is InChI=1S/C14H10BrF2NO2/c15-9-5-7-10(8-6-9)18-13(19)11-3-1-2-4-12(11)20-14(16)17/h1-8,14H,(H,18,19). The highest BCUT2D eigenvalue weighted by Gasteiger charge is 2.15. The molecule has 2 aromatic carbocycles. The van der Waals surface area contributed by atoms with Crippen molar-refractivity contribution in [3.05, 3.63) is 58.6 Å². The molecule has 20 heavy (non-hydrogen) atoms. The van der Waals surface area contributed by atoms with E-state index in [0.29, 0.717) is 5.69 Å². The summed E-state index contributed by atoms with van der Waals surface area (Å²) in [6.07, 6.45) is 0. The Morgan fingerprint density at radius 2 is 1.75 bits per heavy atom. The van der Waals surface area contributed by atoms with Gasteiger partial charge in [-0.1, -0.05) is 28.1 Å². The van der Waals surface area contributed by atoms with Crippen LogP contribution in [0.1, 0.15) is 10.4 Å². The van der Waals surface area contributed by atoms with Gasteiger partial charge in [-0.2, -0.15) is 8.78 Å². The van der Waals surface area contributed by atoms with Gasteiger partial charge in [0.1, 0.15) is 5.75 Å². The van der Waals surface area contributed by atoms with E-state index in [1.165, 1.54) is 18.2 Å². The van der Waals surface area contributed by atoms with Gasteiger partial charge in [0.25, 0.3) is 5.91 Å². The lowest BCUT2D eigenvalue weighted by atomic mass is 10.2. The quantitative estimate of drug-likeness (QED) is 0.900. The number of benzene rings is 2. The number of hydrogen-bond donors (Lipinski definition) is 1. The predicted molar refractivity (Wildman–Crippen MR) is 75.2 cm³/mol. The van der Waals surface area contributed by atoms with E-state index in [4.69, 9.17) is 0 Å². The smallest absolute Gasteiger partial charge is 0.387 e. The number of hydrogen-bond acceptors (Lipinski definition) is 2. The average Bonchev–Trinajstić information content (AvgIpc) is 2.41. The Kier molecular flexibility index (Phi) is 4.68. The maximum absolute atomic E-state index is 12.3. The van der Waals surface area contributed by atoms with E-state index in [9.17, 15) is 13.6 Å². The van der Waals surface area contributed by atoms with Gasteiger partial charge in [0, 0.05) is 10.2 Å². The molecule has 0 aromatic heterocycles. The highest BCUT2D eigenvalue weighted by atomic mass is 79.9. The van der Waals surface area contributed by atoms with Gasteiger partial charge in [0.15, 0.2) is 0 Å². The lowest BCUT2D eigenvalue weighted by molar-refractivity contribution is -0.0501. The second kappa shape index (κ2) is 6.47. The van der Waals surface area contributed by atoms with Crippen LogP contribution in [0.5, 0.6) is 5.75 Å². The molecule has 2 aromatic rings. The summed E-state index contributed by atoms with van der Waals surface area (Å²) < 4.78 is 29.7. The van der Waals surface area contributed by atoms with Crippen LogP contribution in [0.3, 0.4) is 0 Å². The Morgan fingerprint density at radius 3 is 2.40 bits per heavy atom. The second-order valence-electron chi connectivity index (χ2n) is 3.84. The van der Waals surface area contributed by atoms with Crippen molar-refractivity contribution >= 4 is 27.5 Å². The number of ether oxygens (including phenoxy) is 1. The molecule has 0 aliphatic heterocycles. The zero-order valence-corrected chi connectivity index (χ0v) is 11.7. The molecule has 0 saturated heterocycles. The zero-order chi connectivity index (χ0) is 14.5. The van der Waals surface area contributed by atoms with Crippen molar-refractivity contribution in [2.24, 2.45) is 0 Å². The molecule has 6 heteroatoms. The number of nitrogens with one attached hydrogen (secondary N) is 1. The number of halogens is 3. The molecule has 104 valence electrons. The summed E-state index contributed by atoms with van der Waals surface area (Å²) >= 11 is 3.28. The minimum absolute atomic E-state index is 0.0516. The molecule has 3 nitrogen and oxygen atoms in total. The van der Waals surface area contributed by atoms with E-state index >= 15 is 0 Å². The third kappa shape index (κ3) is 3.77. The van der Waals surface area contributed by atoms with E-state index in [1.807, 2.05) is 0 Å². The van der Waals surface area contributed by atoms with E-state index in [0.717, 1.165) is 4.47 Å². The van der Waals surface area contributed by atoms with Gasteiger partial charge in [-0.25, -0.2) is 0 Å². The van der Waals surface area contributed by atoms with Gasteiger partial charge in [-0.05, 0) is 36.4 Å². The maximum atomic E-state index is 12.3. The SMILES string of the molecule is O=C(Nc1ccc(Br)cc1)c1ccccc1OC(F)F. The molecule has 0 aliphatic carbocycles. The highest BCUT2D eigenvalue weighted by Crippen LogP contribution is 2.22. The zero-order valence-electron chi connectivity index (χ0n) is 10.1. The molecule has 0 unspecified atom stereocenters. The third-order valence-corrected chi connectivity index (χ3v) is 2.98. The monoisotopic (exact) mass is 341 g/mol. The number of anilines is 1. The summed E-state index contributed by atoms with van der Waals surface area (Å²) in [6.45, 7) is -2.98. The van der Waals surface area contributed by atoms with Crippen LogP contribution in [0.15, 0.2) is 53.0 Å². The van der Waals surface area contributed by atoms with Crippen molar-refractivity contribution in [2.75, 3.05) is 5.32 Å². The first-order valence-corrected chi connectivity index (χ1v) is 6.46. The molecule has 0 aliphatic rings. The van der Waals surface area contributed by atoms with Gasteiger partial charge < -0.3 is 10.1 Å². The van der Waals surface area contributed by atoms with Gasteiger partial charge in [-0.15, -0.1) is 0 Å². The Morgan fingerprint density at radius 1 is 1.10 bits per heavy atom. The second-order valence-corrected chi connectivity index (χ2v) is 4.75. The van der Waals surface area contributed by atoms with Crippen molar-refractivity contribution in [3.63, 3.8) is 0 Å². The average molecular weight is 342 g/mol. The van der Waals surface area contributed by atoms with Crippen molar-refractivity contribution in [3.8, 4) is 5.75 Å². The molecule has 0 saturated carbocycles. The van der Waals surface area contributed by atoms with Crippen molar-refractivity contribution in [2.45, 2.75) is 6.61 Å². The first-order chi connectivity index (χ1) is 9.56. The van der Waals surface area contributed by atoms with Crippen LogP contribution in [0, 0.1) is 0 Å². The van der Waals surface area contributed by atoms with Crippen LogP contribution < -0.4 is 10.1 Å². The molecule has 1 amide bonds. The topological polar surface area (TPSA) is 38.3 Å². The molecule has 2 rings (SSSR count). The number of carbonyl (C=O) groups excluding carboxylic acids is 1. The molecule has 1 N–H and O–H groups in total. The number of para-hydroxylation sites is 1. The number of rotatable bonds is 4. The number of carbonyl (C=O) groups is 1. The largest absolute Gasteiger partial charge is 0.434 e. The van der Waals surface area contributed by atoms with Gasteiger partial charge in [0.05, 0.1) is 5.56 Å². The fraction of sp³-hybridized carbons (Fsp3) is 0.0714. The summed E-state index contributed by atoms with van der Waals surface area (Å²) in [5.41, 5.74) is 0.612. The Balaban J connectivity index is 2.18. The summed E-state index contributed by atoms with van der Waals surface area (Å²) in [4.78, 5) is 12.1. The Labute approximate surface area is 122 Å². The van der Waals surface area contributed by atoms with Crippen LogP contribution in [-0.2, 0) is 0 Å². The lowest BCUT2D eigenvalue weighted by Gasteiger charge is -2.10. The van der Waals surface area contributed by atoms with Gasteiger partial charge >= 0.3 is 6.61 Å². The fourth-order valence-electron chi connectivity index (χ4n) is 1.58. The lowest BCUT2D eigenvalue weighted by Crippen LogP contribution is -2.14. The van der Waals surface area contributed by atoms with E-state index < -0.39 is 12.5 Å². The molecule has 0 fully saturated rings. The normalized spacial score (nSPS) is 10.4. The molecular weight excluding hydrogens is 332 g/mol. The van der Waals surface area contributed by atoms with Crippen LogP contribution in [0.25, 0.3) is 0 Å². The summed E-state index contributed by atoms with van der Waals surface area (Å²) in [5, 5.41) is 2.61. The van der Waals surface area contributed by atoms with Crippen LogP contribution in [0.2, 0.25) is 0 Å². The predicted octanol–water partition coefficient (Wildman–Crippen LogP) is 4.30. The highest BCUT2D eigenvalue weighted by molar-refractivity contribution is 9.10. The Hall–Kier alpha value is -1.95. The third-order valence-electron chi connectivity index (χ3n) is 2.45. The van der Waals surface area contributed by atoms with Crippen molar-refractivity contribution in [1.82, 2.24) is 0 Å². The van der Waals surface area contributed by atoms with Gasteiger partial charge in [0.2, 0.25) is 0 Å². The summed E-state index contributed by atoms with van der Waals surface area (Å²) in [6, 6.07) is 12.8. The van der Waals surface area contributed by atoms with Crippen molar-refractivity contribution in [1.29, 1.82) is 0 Å². The van der Waals surface area contributed by atoms with Crippen LogP contribution in [-0.4, -0.2) is 12.5 Å². The van der Waals surface area contributed by atoms with E-state index in [1.54, 1.807) is 30.3 Å². The summed E-state index contributed by atoms with van der Waals surface area (Å²) in [5.74, 6) is -0.666. The number of alkyl halides is 2. The molecular formula is C14H10BrF2NO2.